The van der Waals surface area contributed by atoms with E-state index < -0.39 is 21.7 Å². The summed E-state index contributed by atoms with van der Waals surface area (Å²) in [5, 5.41) is 17.3. The van der Waals surface area contributed by atoms with Gasteiger partial charge in [-0.15, -0.1) is 0 Å². The zero-order valence-corrected chi connectivity index (χ0v) is 18.6. The smallest absolute Gasteiger partial charge is 0.276 e. The number of hydrogen-bond donors (Lipinski definition) is 2. The minimum absolute atomic E-state index is 0.000357. The number of para-hydroxylation sites is 1. The van der Waals surface area contributed by atoms with Gasteiger partial charge in [-0.3, -0.25) is 4.79 Å². The van der Waals surface area contributed by atoms with Gasteiger partial charge in [0.05, 0.1) is 10.6 Å². The quantitative estimate of drug-likeness (QED) is 0.557. The van der Waals surface area contributed by atoms with Crippen molar-refractivity contribution in [3.63, 3.8) is 0 Å². The van der Waals surface area contributed by atoms with E-state index in [-0.39, 0.29) is 27.7 Å². The first kappa shape index (κ1) is 21.6. The van der Waals surface area contributed by atoms with Gasteiger partial charge in [-0.25, -0.2) is 17.5 Å². The van der Waals surface area contributed by atoms with Crippen LogP contribution in [0.15, 0.2) is 47.4 Å². The van der Waals surface area contributed by atoms with Crippen molar-refractivity contribution in [3.05, 3.63) is 65.2 Å². The van der Waals surface area contributed by atoms with Crippen LogP contribution >= 0.6 is 0 Å². The molecule has 0 spiro atoms. The molecule has 2 aromatic carbocycles. The Kier molecular flexibility index (Phi) is 5.41. The molecular weight excluding hydrogens is 447 g/mol. The first-order chi connectivity index (χ1) is 15.9. The Morgan fingerprint density at radius 1 is 1.06 bits per heavy atom. The average Bonchev–Trinajstić information content (AvgIpc) is 3.54. The molecule has 1 saturated heterocycles. The number of aromatic nitrogens is 2. The molecule has 0 saturated carbocycles. The van der Waals surface area contributed by atoms with E-state index in [9.17, 15) is 22.7 Å². The van der Waals surface area contributed by atoms with E-state index in [0.29, 0.717) is 25.9 Å². The summed E-state index contributed by atoms with van der Waals surface area (Å²) in [5.41, 5.74) is 1.89. The number of carbonyl (C=O) groups excluding carboxylic acids is 1. The second-order valence-electron chi connectivity index (χ2n) is 8.23. The summed E-state index contributed by atoms with van der Waals surface area (Å²) >= 11 is 0. The van der Waals surface area contributed by atoms with Crippen LogP contribution in [0, 0.1) is 5.82 Å². The second kappa shape index (κ2) is 8.27. The van der Waals surface area contributed by atoms with Crippen molar-refractivity contribution >= 4 is 21.6 Å². The molecule has 3 aromatic rings. The van der Waals surface area contributed by atoms with Crippen LogP contribution in [0.1, 0.15) is 41.0 Å². The first-order valence-electron chi connectivity index (χ1n) is 10.9. The van der Waals surface area contributed by atoms with Gasteiger partial charge in [0.2, 0.25) is 10.0 Å². The van der Waals surface area contributed by atoms with Crippen LogP contribution in [0.5, 0.6) is 5.75 Å². The maximum Gasteiger partial charge on any atom is 0.276 e. The van der Waals surface area contributed by atoms with Crippen LogP contribution < -0.4 is 5.32 Å². The Bertz CT molecular complexity index is 1350. The van der Waals surface area contributed by atoms with Gasteiger partial charge in [-0.1, -0.05) is 12.1 Å². The van der Waals surface area contributed by atoms with Crippen LogP contribution in [0.3, 0.4) is 0 Å². The lowest BCUT2D eigenvalue weighted by atomic mass is 10.2. The predicted molar refractivity (Wildman–Crippen MR) is 120 cm³/mol. The van der Waals surface area contributed by atoms with Gasteiger partial charge in [0.25, 0.3) is 5.91 Å². The zero-order chi connectivity index (χ0) is 23.2. The Labute approximate surface area is 190 Å². The van der Waals surface area contributed by atoms with Crippen LogP contribution in [-0.2, 0) is 22.9 Å². The number of sulfonamides is 1. The highest BCUT2D eigenvalue weighted by Gasteiger charge is 2.30. The molecule has 1 amide bonds. The normalized spacial score (nSPS) is 16.2. The minimum Gasteiger partial charge on any atom is -0.506 e. The van der Waals surface area contributed by atoms with Gasteiger partial charge in [0.15, 0.2) is 5.69 Å². The highest BCUT2D eigenvalue weighted by molar-refractivity contribution is 7.89. The third-order valence-electron chi connectivity index (χ3n) is 6.14. The Hall–Kier alpha value is -3.24. The molecule has 0 unspecified atom stereocenters. The van der Waals surface area contributed by atoms with Gasteiger partial charge >= 0.3 is 0 Å². The van der Waals surface area contributed by atoms with E-state index in [0.717, 1.165) is 30.5 Å². The predicted octanol–water partition coefficient (Wildman–Crippen LogP) is 3.24. The molecule has 5 rings (SSSR count). The monoisotopic (exact) mass is 470 g/mol. The van der Waals surface area contributed by atoms with Crippen LogP contribution in [0.2, 0.25) is 0 Å². The third-order valence-corrected chi connectivity index (χ3v) is 8.04. The molecule has 1 fully saturated rings. The Morgan fingerprint density at radius 2 is 1.82 bits per heavy atom. The molecule has 2 heterocycles. The van der Waals surface area contributed by atoms with E-state index in [2.05, 4.69) is 10.4 Å². The van der Waals surface area contributed by atoms with E-state index in [4.69, 9.17) is 0 Å². The Balaban J connectivity index is 1.48. The number of phenols is 1. The van der Waals surface area contributed by atoms with Gasteiger partial charge in [0.1, 0.15) is 17.3 Å². The maximum atomic E-state index is 14.4. The molecule has 1 aliphatic carbocycles. The van der Waals surface area contributed by atoms with E-state index in [1.54, 1.807) is 18.2 Å². The fourth-order valence-corrected chi connectivity index (χ4v) is 6.02. The van der Waals surface area contributed by atoms with Crippen molar-refractivity contribution in [1.82, 2.24) is 14.1 Å². The zero-order valence-electron chi connectivity index (χ0n) is 17.8. The molecule has 1 aromatic heterocycles. The fourth-order valence-electron chi connectivity index (χ4n) is 4.48. The van der Waals surface area contributed by atoms with Gasteiger partial charge in [-0.05, 0) is 62.4 Å². The summed E-state index contributed by atoms with van der Waals surface area (Å²) in [6, 6.07) is 10.1. The van der Waals surface area contributed by atoms with Crippen molar-refractivity contribution in [2.24, 2.45) is 0 Å². The van der Waals surface area contributed by atoms with Crippen molar-refractivity contribution in [2.45, 2.75) is 37.0 Å². The molecule has 2 aliphatic rings. The van der Waals surface area contributed by atoms with Gasteiger partial charge in [0, 0.05) is 24.3 Å². The fraction of sp³-hybridized carbons (Fsp3) is 0.304. The van der Waals surface area contributed by atoms with Crippen LogP contribution in [-0.4, -0.2) is 46.6 Å². The van der Waals surface area contributed by atoms with Gasteiger partial charge < -0.3 is 10.4 Å². The number of aromatic hydroxyl groups is 1. The number of amides is 1. The number of nitrogens with one attached hydrogen (secondary N) is 1. The van der Waals surface area contributed by atoms with Gasteiger partial charge in [-0.2, -0.15) is 9.40 Å². The summed E-state index contributed by atoms with van der Waals surface area (Å²) in [4.78, 5) is 13.1. The molecule has 33 heavy (non-hydrogen) atoms. The van der Waals surface area contributed by atoms with E-state index in [1.165, 1.54) is 33.3 Å². The summed E-state index contributed by atoms with van der Waals surface area (Å²) in [7, 11) is -3.72. The topological polar surface area (TPSA) is 105 Å². The van der Waals surface area contributed by atoms with E-state index in [1.807, 2.05) is 0 Å². The number of phenolic OH excluding ortho intramolecular Hbond substituents is 1. The standard InChI is InChI=1S/C23H23FN4O4S/c24-17-7-1-2-8-20(17)28-19-9-5-6-16(19)22(26-28)23(30)25-18-14-15(10-11-21(18)29)33(31,32)27-12-3-4-13-27/h1-2,7-8,10-11,14,29H,3-6,9,12-13H2,(H,25,30). The molecule has 8 nitrogen and oxygen atoms in total. The minimum atomic E-state index is -3.72. The number of halogens is 1. The highest BCUT2D eigenvalue weighted by Crippen LogP contribution is 2.32. The Morgan fingerprint density at radius 3 is 2.58 bits per heavy atom. The van der Waals surface area contributed by atoms with Crippen molar-refractivity contribution < 1.29 is 22.7 Å². The lowest BCUT2D eigenvalue weighted by Gasteiger charge is -2.16. The molecule has 1 aliphatic heterocycles. The molecule has 10 heteroatoms. The van der Waals surface area contributed by atoms with Crippen LogP contribution in [0.4, 0.5) is 10.1 Å². The number of benzene rings is 2. The molecular formula is C23H23FN4O4S. The number of hydrogen-bond acceptors (Lipinski definition) is 5. The summed E-state index contributed by atoms with van der Waals surface area (Å²) in [6.07, 6.45) is 3.71. The number of anilines is 1. The largest absolute Gasteiger partial charge is 0.506 e. The SMILES string of the molecule is O=C(Nc1cc(S(=O)(=O)N2CCCC2)ccc1O)c1nn(-c2ccccc2F)c2c1CCC2. The van der Waals surface area contributed by atoms with Crippen molar-refractivity contribution in [1.29, 1.82) is 0 Å². The molecule has 0 bridgehead atoms. The summed E-state index contributed by atoms with van der Waals surface area (Å²) in [6.45, 7) is 0.898. The number of nitrogens with zero attached hydrogens (tertiary/aromatic N) is 3. The van der Waals surface area contributed by atoms with Crippen molar-refractivity contribution in [2.75, 3.05) is 18.4 Å². The highest BCUT2D eigenvalue weighted by atomic mass is 32.2. The molecule has 172 valence electrons. The second-order valence-corrected chi connectivity index (χ2v) is 10.2. The van der Waals surface area contributed by atoms with E-state index >= 15 is 0 Å². The summed E-state index contributed by atoms with van der Waals surface area (Å²) < 4.78 is 43.0. The molecule has 2 N–H and O–H groups in total. The maximum absolute atomic E-state index is 14.4. The molecule has 0 radical (unpaired) electrons. The molecule has 0 atom stereocenters. The lowest BCUT2D eigenvalue weighted by molar-refractivity contribution is 0.102. The number of fused-ring (bicyclic) bond motifs is 1. The van der Waals surface area contributed by atoms with Crippen molar-refractivity contribution in [3.8, 4) is 11.4 Å². The van der Waals surface area contributed by atoms with Crippen LogP contribution in [0.25, 0.3) is 5.69 Å². The summed E-state index contributed by atoms with van der Waals surface area (Å²) in [5.74, 6) is -1.29. The third kappa shape index (κ3) is 3.79. The number of carbonyl (C=O) groups is 1. The number of rotatable bonds is 5. The first-order valence-corrected chi connectivity index (χ1v) is 12.3. The average molecular weight is 471 g/mol. The lowest BCUT2D eigenvalue weighted by Crippen LogP contribution is -2.28.